The molecule has 3 aromatic rings. The molecule has 9 heteroatoms. The Morgan fingerprint density at radius 2 is 1.67 bits per heavy atom. The summed E-state index contributed by atoms with van der Waals surface area (Å²) in [4.78, 5) is 26.3. The van der Waals surface area contributed by atoms with E-state index in [4.69, 9.17) is 11.6 Å². The van der Waals surface area contributed by atoms with Crippen molar-refractivity contribution < 1.29 is 22.4 Å². The summed E-state index contributed by atoms with van der Waals surface area (Å²) in [5.41, 5.74) is 0.929. The van der Waals surface area contributed by atoms with E-state index in [1.807, 2.05) is 0 Å². The van der Waals surface area contributed by atoms with E-state index in [-0.39, 0.29) is 29.1 Å². The Labute approximate surface area is 197 Å². The molecule has 172 valence electrons. The van der Waals surface area contributed by atoms with Crippen LogP contribution in [0.5, 0.6) is 0 Å². The average molecular weight is 489 g/mol. The molecule has 0 unspecified atom stereocenters. The molecule has 0 spiro atoms. The van der Waals surface area contributed by atoms with Crippen LogP contribution in [0.3, 0.4) is 0 Å². The van der Waals surface area contributed by atoms with Crippen molar-refractivity contribution in [2.24, 2.45) is 0 Å². The fourth-order valence-corrected chi connectivity index (χ4v) is 4.81. The van der Waals surface area contributed by atoms with Gasteiger partial charge in [0.2, 0.25) is 15.9 Å². The third-order valence-electron chi connectivity index (χ3n) is 4.93. The number of anilines is 2. The van der Waals surface area contributed by atoms with Crippen LogP contribution >= 0.6 is 11.6 Å². The summed E-state index contributed by atoms with van der Waals surface area (Å²) in [6.45, 7) is 1.66. The van der Waals surface area contributed by atoms with Gasteiger partial charge in [-0.25, -0.2) is 12.8 Å². The monoisotopic (exact) mass is 488 g/mol. The number of carbonyl (C=O) groups is 2. The number of benzene rings is 3. The molecule has 0 heterocycles. The standard InChI is InChI=1S/C24H22ClFN2O4S/c1-3-22(28(33(2,31)32)19-12-10-18(26)11-13-19)24(30)27-21-14-9-17(25)15-20(21)23(29)16-7-5-4-6-8-16/h4-15,22H,3H2,1-2H3,(H,27,30)/t22-/m0/s1. The maximum Gasteiger partial charge on any atom is 0.248 e. The number of amides is 1. The number of rotatable bonds is 8. The van der Waals surface area contributed by atoms with Gasteiger partial charge >= 0.3 is 0 Å². The van der Waals surface area contributed by atoms with Crippen molar-refractivity contribution in [1.82, 2.24) is 0 Å². The van der Waals surface area contributed by atoms with E-state index in [1.54, 1.807) is 37.3 Å². The summed E-state index contributed by atoms with van der Waals surface area (Å²) >= 11 is 6.09. The van der Waals surface area contributed by atoms with Crippen LogP contribution in [-0.4, -0.2) is 32.4 Å². The first-order valence-electron chi connectivity index (χ1n) is 10.1. The van der Waals surface area contributed by atoms with Gasteiger partial charge in [-0.15, -0.1) is 0 Å². The molecule has 0 aromatic heterocycles. The third kappa shape index (κ3) is 5.77. The molecule has 1 atom stereocenters. The van der Waals surface area contributed by atoms with Crippen LogP contribution in [0.25, 0.3) is 0 Å². The molecule has 1 N–H and O–H groups in total. The Hall–Kier alpha value is -3.23. The minimum atomic E-state index is -3.89. The SMILES string of the molecule is CC[C@@H](C(=O)Nc1ccc(Cl)cc1C(=O)c1ccccc1)N(c1ccc(F)cc1)S(C)(=O)=O. The molecule has 0 radical (unpaired) electrons. The lowest BCUT2D eigenvalue weighted by molar-refractivity contribution is -0.117. The predicted octanol–water partition coefficient (Wildman–Crippen LogP) is 4.89. The Morgan fingerprint density at radius 3 is 2.24 bits per heavy atom. The number of hydrogen-bond donors (Lipinski definition) is 1. The van der Waals surface area contributed by atoms with E-state index in [0.29, 0.717) is 10.6 Å². The van der Waals surface area contributed by atoms with Gasteiger partial charge in [-0.3, -0.25) is 13.9 Å². The summed E-state index contributed by atoms with van der Waals surface area (Å²) < 4.78 is 39.4. The smallest absolute Gasteiger partial charge is 0.248 e. The highest BCUT2D eigenvalue weighted by Crippen LogP contribution is 2.27. The lowest BCUT2D eigenvalue weighted by Gasteiger charge is -2.30. The fraction of sp³-hybridized carbons (Fsp3) is 0.167. The zero-order valence-electron chi connectivity index (χ0n) is 18.0. The van der Waals surface area contributed by atoms with Gasteiger partial charge in [0.15, 0.2) is 5.78 Å². The van der Waals surface area contributed by atoms with E-state index < -0.39 is 27.8 Å². The summed E-state index contributed by atoms with van der Waals surface area (Å²) in [5.74, 6) is -1.52. The second kappa shape index (κ2) is 10.1. The second-order valence-electron chi connectivity index (χ2n) is 7.33. The van der Waals surface area contributed by atoms with Crippen molar-refractivity contribution in [3.05, 3.63) is 94.8 Å². The van der Waals surface area contributed by atoms with Gasteiger partial charge in [-0.1, -0.05) is 48.9 Å². The number of hydrogen-bond acceptors (Lipinski definition) is 4. The minimum absolute atomic E-state index is 0.131. The van der Waals surface area contributed by atoms with Crippen LogP contribution in [0.15, 0.2) is 72.8 Å². The van der Waals surface area contributed by atoms with Gasteiger partial charge in [0, 0.05) is 16.1 Å². The van der Waals surface area contributed by atoms with E-state index in [2.05, 4.69) is 5.32 Å². The highest BCUT2D eigenvalue weighted by molar-refractivity contribution is 7.92. The fourth-order valence-electron chi connectivity index (χ4n) is 3.42. The number of sulfonamides is 1. The van der Waals surface area contributed by atoms with Crippen molar-refractivity contribution in [3.63, 3.8) is 0 Å². The van der Waals surface area contributed by atoms with E-state index in [9.17, 15) is 22.4 Å². The number of nitrogens with one attached hydrogen (secondary N) is 1. The van der Waals surface area contributed by atoms with Crippen LogP contribution in [0.1, 0.15) is 29.3 Å². The maximum absolute atomic E-state index is 13.4. The van der Waals surface area contributed by atoms with Crippen molar-refractivity contribution in [2.45, 2.75) is 19.4 Å². The number of halogens is 2. The molecule has 3 aromatic carbocycles. The molecule has 0 saturated carbocycles. The first-order chi connectivity index (χ1) is 15.6. The van der Waals surface area contributed by atoms with Crippen molar-refractivity contribution in [3.8, 4) is 0 Å². The molecule has 0 aliphatic rings. The van der Waals surface area contributed by atoms with Crippen LogP contribution in [-0.2, 0) is 14.8 Å². The zero-order valence-corrected chi connectivity index (χ0v) is 19.5. The van der Waals surface area contributed by atoms with E-state index in [0.717, 1.165) is 22.7 Å². The third-order valence-corrected chi connectivity index (χ3v) is 6.35. The molecule has 0 fully saturated rings. The second-order valence-corrected chi connectivity index (χ2v) is 9.63. The van der Waals surface area contributed by atoms with E-state index >= 15 is 0 Å². The molecular weight excluding hydrogens is 467 g/mol. The molecule has 6 nitrogen and oxygen atoms in total. The largest absolute Gasteiger partial charge is 0.324 e. The van der Waals surface area contributed by atoms with Gasteiger partial charge in [0.1, 0.15) is 11.9 Å². The highest BCUT2D eigenvalue weighted by Gasteiger charge is 2.32. The molecule has 0 aliphatic carbocycles. The Balaban J connectivity index is 1.98. The first-order valence-corrected chi connectivity index (χ1v) is 12.3. The molecule has 1 amide bonds. The number of nitrogens with zero attached hydrogens (tertiary/aromatic N) is 1. The molecular formula is C24H22ClFN2O4S. The number of ketones is 1. The van der Waals surface area contributed by atoms with Crippen molar-refractivity contribution in [1.29, 1.82) is 0 Å². The molecule has 0 saturated heterocycles. The summed E-state index contributed by atoms with van der Waals surface area (Å²) in [5, 5.41) is 2.98. The van der Waals surface area contributed by atoms with Gasteiger partial charge in [-0.05, 0) is 48.9 Å². The predicted molar refractivity (Wildman–Crippen MR) is 128 cm³/mol. The normalized spacial score (nSPS) is 12.1. The molecule has 0 bridgehead atoms. The maximum atomic E-state index is 13.4. The van der Waals surface area contributed by atoms with Crippen LogP contribution in [0, 0.1) is 5.82 Å². The lowest BCUT2D eigenvalue weighted by atomic mass is 10.0. The van der Waals surface area contributed by atoms with Crippen molar-refractivity contribution in [2.75, 3.05) is 15.9 Å². The Morgan fingerprint density at radius 1 is 1.03 bits per heavy atom. The van der Waals surface area contributed by atoms with Crippen LogP contribution in [0.4, 0.5) is 15.8 Å². The average Bonchev–Trinajstić information content (AvgIpc) is 2.78. The summed E-state index contributed by atoms with van der Waals surface area (Å²) in [7, 11) is -3.89. The minimum Gasteiger partial charge on any atom is -0.324 e. The van der Waals surface area contributed by atoms with E-state index in [1.165, 1.54) is 30.3 Å². The summed E-state index contributed by atoms with van der Waals surface area (Å²) in [6.07, 6.45) is 1.10. The lowest BCUT2D eigenvalue weighted by Crippen LogP contribution is -2.47. The Kier molecular flexibility index (Phi) is 7.50. The molecule has 33 heavy (non-hydrogen) atoms. The van der Waals surface area contributed by atoms with Gasteiger partial charge in [0.25, 0.3) is 0 Å². The quantitative estimate of drug-likeness (QED) is 0.457. The van der Waals surface area contributed by atoms with Gasteiger partial charge in [-0.2, -0.15) is 0 Å². The van der Waals surface area contributed by atoms with Gasteiger partial charge < -0.3 is 5.32 Å². The zero-order chi connectivity index (χ0) is 24.2. The van der Waals surface area contributed by atoms with Gasteiger partial charge in [0.05, 0.1) is 17.6 Å². The molecule has 0 aliphatic heterocycles. The topological polar surface area (TPSA) is 83.6 Å². The molecule has 3 rings (SSSR count). The van der Waals surface area contributed by atoms with Crippen molar-refractivity contribution >= 4 is 44.7 Å². The highest BCUT2D eigenvalue weighted by atomic mass is 35.5. The van der Waals surface area contributed by atoms with Crippen LogP contribution < -0.4 is 9.62 Å². The first kappa shape index (κ1) is 24.4. The number of carbonyl (C=O) groups excluding carboxylic acids is 2. The Bertz CT molecular complexity index is 1270. The summed E-state index contributed by atoms with van der Waals surface area (Å²) in [6, 6.07) is 16.6. The van der Waals surface area contributed by atoms with Crippen LogP contribution in [0.2, 0.25) is 5.02 Å².